The molecule has 0 amide bonds. The van der Waals surface area contributed by atoms with E-state index in [0.717, 1.165) is 0 Å². The van der Waals surface area contributed by atoms with Crippen LogP contribution in [0.25, 0.3) is 10.4 Å². The molecule has 0 aromatic heterocycles. The molecule has 0 bridgehead atoms. The first-order valence-electron chi connectivity index (χ1n) is 3.81. The van der Waals surface area contributed by atoms with Crippen molar-refractivity contribution in [2.45, 2.75) is 37.6 Å². The fourth-order valence-corrected chi connectivity index (χ4v) is 1.18. The van der Waals surface area contributed by atoms with Crippen molar-refractivity contribution in [2.24, 2.45) is 5.11 Å². The first kappa shape index (κ1) is 10.2. The van der Waals surface area contributed by atoms with E-state index in [1.807, 2.05) is 0 Å². The third-order valence-electron chi connectivity index (χ3n) is 1.99. The summed E-state index contributed by atoms with van der Waals surface area (Å²) in [6, 6.07) is 0. The van der Waals surface area contributed by atoms with Gasteiger partial charge in [-0.05, 0) is 12.5 Å². The Labute approximate surface area is 74.2 Å². The Balaban J connectivity index is 2.75. The van der Waals surface area contributed by atoms with Gasteiger partial charge in [-0.3, -0.25) is 0 Å². The van der Waals surface area contributed by atoms with E-state index in [1.54, 1.807) is 0 Å². The zero-order valence-corrected chi connectivity index (χ0v) is 6.98. The molecular weight excluding hydrogens is 178 g/mol. The number of hydrogen-bond acceptors (Lipinski definition) is 5. The molecule has 1 aliphatic rings. The van der Waals surface area contributed by atoms with E-state index in [0.29, 0.717) is 0 Å². The first-order valence-corrected chi connectivity index (χ1v) is 3.81. The van der Waals surface area contributed by atoms with Crippen LogP contribution in [-0.4, -0.2) is 46.0 Å². The molecule has 13 heavy (non-hydrogen) atoms. The lowest BCUT2D eigenvalue weighted by molar-refractivity contribution is -0.214. The lowest BCUT2D eigenvalue weighted by Crippen LogP contribution is -2.55. The van der Waals surface area contributed by atoms with Crippen molar-refractivity contribution in [1.82, 2.24) is 0 Å². The highest BCUT2D eigenvalue weighted by Crippen LogP contribution is 2.21. The molecule has 0 aromatic rings. The van der Waals surface area contributed by atoms with Gasteiger partial charge in [-0.15, -0.1) is 0 Å². The second-order valence-corrected chi connectivity index (χ2v) is 2.91. The van der Waals surface area contributed by atoms with Crippen LogP contribution in [0.1, 0.15) is 6.92 Å². The molecule has 7 heteroatoms. The third kappa shape index (κ3) is 1.90. The minimum absolute atomic E-state index is 0.672. The van der Waals surface area contributed by atoms with E-state index in [2.05, 4.69) is 10.0 Å². The fourth-order valence-electron chi connectivity index (χ4n) is 1.18. The average Bonchev–Trinajstić information content (AvgIpc) is 2.11. The Hall–Kier alpha value is -0.850. The summed E-state index contributed by atoms with van der Waals surface area (Å²) in [6.07, 6.45) is -5.71. The van der Waals surface area contributed by atoms with Crippen LogP contribution in [0, 0.1) is 0 Å². The molecule has 1 aliphatic heterocycles. The van der Waals surface area contributed by atoms with Gasteiger partial charge in [0.25, 0.3) is 0 Å². The largest absolute Gasteiger partial charge is 0.388 e. The lowest BCUT2D eigenvalue weighted by atomic mass is 9.99. The summed E-state index contributed by atoms with van der Waals surface area (Å²) in [5, 5.41) is 30.9. The Bertz CT molecular complexity index is 230. The van der Waals surface area contributed by atoms with Crippen molar-refractivity contribution in [3.63, 3.8) is 0 Å². The van der Waals surface area contributed by atoms with Crippen LogP contribution < -0.4 is 0 Å². The molecule has 1 saturated heterocycles. The maximum absolute atomic E-state index is 9.26. The number of hydrogen-bond donors (Lipinski definition) is 3. The Morgan fingerprint density at radius 2 is 1.85 bits per heavy atom. The van der Waals surface area contributed by atoms with E-state index in [-0.39, 0.29) is 0 Å². The van der Waals surface area contributed by atoms with Crippen LogP contribution >= 0.6 is 0 Å². The van der Waals surface area contributed by atoms with Gasteiger partial charge in [-0.2, -0.15) is 0 Å². The fraction of sp³-hybridized carbons (Fsp3) is 1.00. The summed E-state index contributed by atoms with van der Waals surface area (Å²) in [6.45, 7) is 1.51. The van der Waals surface area contributed by atoms with Crippen LogP contribution in [0.3, 0.4) is 0 Å². The van der Waals surface area contributed by atoms with Crippen LogP contribution in [0.4, 0.5) is 0 Å². The Kier molecular flexibility index (Phi) is 3.07. The highest BCUT2D eigenvalue weighted by Gasteiger charge is 2.41. The summed E-state index contributed by atoms with van der Waals surface area (Å²) < 4.78 is 4.94. The van der Waals surface area contributed by atoms with Gasteiger partial charge < -0.3 is 20.1 Å². The molecule has 1 heterocycles. The highest BCUT2D eigenvalue weighted by molar-refractivity contribution is 4.89. The molecule has 5 atom stereocenters. The summed E-state index contributed by atoms with van der Waals surface area (Å²) in [5.74, 6) is 0. The number of rotatable bonds is 1. The lowest BCUT2D eigenvalue weighted by Gasteiger charge is -2.37. The van der Waals surface area contributed by atoms with Crippen molar-refractivity contribution in [1.29, 1.82) is 0 Å². The molecule has 3 N–H and O–H groups in total. The summed E-state index contributed by atoms with van der Waals surface area (Å²) in [7, 11) is 0. The number of azide groups is 1. The monoisotopic (exact) mass is 189 g/mol. The highest BCUT2D eigenvalue weighted by atomic mass is 16.5. The van der Waals surface area contributed by atoms with Crippen LogP contribution in [0.2, 0.25) is 0 Å². The quantitative estimate of drug-likeness (QED) is 0.282. The number of aliphatic hydroxyl groups excluding tert-OH is 3. The summed E-state index contributed by atoms with van der Waals surface area (Å²) in [5.41, 5.74) is 8.10. The van der Waals surface area contributed by atoms with E-state index < -0.39 is 30.6 Å². The smallest absolute Gasteiger partial charge is 0.165 e. The van der Waals surface area contributed by atoms with Gasteiger partial charge in [0.1, 0.15) is 18.3 Å². The predicted octanol–water partition coefficient (Wildman–Crippen LogP) is -0.876. The number of aliphatic hydroxyl groups is 3. The topological polar surface area (TPSA) is 119 Å². The predicted molar refractivity (Wildman–Crippen MR) is 41.5 cm³/mol. The molecule has 74 valence electrons. The molecule has 0 saturated carbocycles. The maximum atomic E-state index is 9.26. The number of ether oxygens (including phenoxy) is 1. The zero-order chi connectivity index (χ0) is 10.0. The van der Waals surface area contributed by atoms with Crippen LogP contribution in [-0.2, 0) is 4.74 Å². The van der Waals surface area contributed by atoms with Crippen molar-refractivity contribution in [3.8, 4) is 0 Å². The van der Waals surface area contributed by atoms with Crippen molar-refractivity contribution >= 4 is 0 Å². The Morgan fingerprint density at radius 3 is 2.38 bits per heavy atom. The molecule has 1 fully saturated rings. The normalized spacial score (nSPS) is 45.4. The van der Waals surface area contributed by atoms with Gasteiger partial charge in [0.05, 0.1) is 6.10 Å². The standard InChI is InChI=1S/C6H11N3O4/c1-2-3(10)4(11)5(12)6(13-2)8-9-7/h2-6,10-12H,1H3/t2?,3-,4?,5?,6+/m1/s1. The van der Waals surface area contributed by atoms with Crippen LogP contribution in [0.15, 0.2) is 5.11 Å². The molecule has 0 aliphatic carbocycles. The van der Waals surface area contributed by atoms with Gasteiger partial charge in [0.2, 0.25) is 0 Å². The SMILES string of the molecule is CC1O[C@H](N=[N+]=[N-])C(O)C(O)[C@@H]1O. The molecule has 0 aromatic carbocycles. The molecule has 1 rings (SSSR count). The minimum Gasteiger partial charge on any atom is -0.388 e. The van der Waals surface area contributed by atoms with Crippen LogP contribution in [0.5, 0.6) is 0 Å². The second kappa shape index (κ2) is 3.91. The zero-order valence-electron chi connectivity index (χ0n) is 6.98. The van der Waals surface area contributed by atoms with E-state index in [4.69, 9.17) is 10.3 Å². The van der Waals surface area contributed by atoms with Crippen molar-refractivity contribution < 1.29 is 20.1 Å². The van der Waals surface area contributed by atoms with Gasteiger partial charge in [-0.25, -0.2) is 0 Å². The van der Waals surface area contributed by atoms with Crippen molar-refractivity contribution in [3.05, 3.63) is 10.4 Å². The van der Waals surface area contributed by atoms with Crippen molar-refractivity contribution in [2.75, 3.05) is 0 Å². The van der Waals surface area contributed by atoms with Gasteiger partial charge in [0, 0.05) is 4.91 Å². The average molecular weight is 189 g/mol. The summed E-state index contributed by atoms with van der Waals surface area (Å²) >= 11 is 0. The molecule has 3 unspecified atom stereocenters. The molecule has 0 radical (unpaired) electrons. The summed E-state index contributed by atoms with van der Waals surface area (Å²) in [4.78, 5) is 2.45. The third-order valence-corrected chi connectivity index (χ3v) is 1.99. The minimum atomic E-state index is -1.39. The molecule has 0 spiro atoms. The van der Waals surface area contributed by atoms with E-state index >= 15 is 0 Å². The second-order valence-electron chi connectivity index (χ2n) is 2.91. The molecule has 7 nitrogen and oxygen atoms in total. The van der Waals surface area contributed by atoms with E-state index in [1.165, 1.54) is 6.92 Å². The van der Waals surface area contributed by atoms with Gasteiger partial charge >= 0.3 is 0 Å². The maximum Gasteiger partial charge on any atom is 0.165 e. The van der Waals surface area contributed by atoms with Gasteiger partial charge in [0.15, 0.2) is 6.23 Å². The first-order chi connectivity index (χ1) is 6.07. The van der Waals surface area contributed by atoms with E-state index in [9.17, 15) is 15.3 Å². The van der Waals surface area contributed by atoms with Gasteiger partial charge in [-0.1, -0.05) is 5.11 Å². The Morgan fingerprint density at radius 1 is 1.23 bits per heavy atom. The molecular formula is C6H11N3O4. The number of nitrogens with zero attached hydrogens (tertiary/aromatic N) is 3.